The molecule has 202 valence electrons. The first-order valence-corrected chi connectivity index (χ1v) is 12.9. The maximum atomic E-state index is 15.1. The summed E-state index contributed by atoms with van der Waals surface area (Å²) in [5.41, 5.74) is -0.247. The van der Waals surface area contributed by atoms with E-state index in [1.165, 1.54) is 43.3 Å². The number of rotatable bonds is 7. The van der Waals surface area contributed by atoms with Crippen LogP contribution in [0.25, 0.3) is 11.1 Å². The van der Waals surface area contributed by atoms with Gasteiger partial charge in [-0.3, -0.25) is 0 Å². The molecular weight excluding hydrogens is 506 g/mol. The molecule has 1 N–H and O–H groups in total. The van der Waals surface area contributed by atoms with Gasteiger partial charge in [0.2, 0.25) is 0 Å². The molecule has 1 aliphatic carbocycles. The Morgan fingerprint density at radius 2 is 1.32 bits per heavy atom. The van der Waals surface area contributed by atoms with E-state index < -0.39 is 47.1 Å². The molecular formula is C30H28F6O2. The van der Waals surface area contributed by atoms with Gasteiger partial charge in [0.15, 0.2) is 34.9 Å². The molecule has 8 heteroatoms. The van der Waals surface area contributed by atoms with Gasteiger partial charge in [-0.1, -0.05) is 36.4 Å². The van der Waals surface area contributed by atoms with Crippen LogP contribution in [0.4, 0.5) is 26.3 Å². The normalized spacial score (nSPS) is 21.9. The smallest absolute Gasteiger partial charge is 0.167 e. The first-order valence-electron chi connectivity index (χ1n) is 12.9. The van der Waals surface area contributed by atoms with Gasteiger partial charge in [-0.05, 0) is 68.4 Å². The first kappa shape index (κ1) is 26.8. The molecule has 0 spiro atoms. The number of aliphatic hydroxyl groups excluding tert-OH is 1. The maximum absolute atomic E-state index is 15.1. The number of benzene rings is 3. The van der Waals surface area contributed by atoms with Crippen LogP contribution < -0.4 is 0 Å². The fourth-order valence-electron chi connectivity index (χ4n) is 5.58. The highest BCUT2D eigenvalue weighted by atomic mass is 19.2. The van der Waals surface area contributed by atoms with Gasteiger partial charge in [0.1, 0.15) is 6.10 Å². The predicted octanol–water partition coefficient (Wildman–Crippen LogP) is 8.22. The largest absolute Gasteiger partial charge is 0.389 e. The second-order valence-corrected chi connectivity index (χ2v) is 10.4. The summed E-state index contributed by atoms with van der Waals surface area (Å²) in [6, 6.07) is 8.19. The number of halogens is 6. The molecule has 1 saturated carbocycles. The molecule has 2 aliphatic rings. The van der Waals surface area contributed by atoms with Crippen LogP contribution in [-0.2, 0) is 11.2 Å². The zero-order chi connectivity index (χ0) is 27.1. The monoisotopic (exact) mass is 534 g/mol. The molecule has 1 saturated heterocycles. The molecule has 38 heavy (non-hydrogen) atoms. The molecule has 1 heterocycles. The minimum absolute atomic E-state index is 0.0603. The topological polar surface area (TPSA) is 32.8 Å². The first-order chi connectivity index (χ1) is 18.2. The van der Waals surface area contributed by atoms with Crippen molar-refractivity contribution in [2.45, 2.75) is 63.6 Å². The van der Waals surface area contributed by atoms with Gasteiger partial charge in [-0.2, -0.15) is 0 Å². The van der Waals surface area contributed by atoms with Crippen molar-refractivity contribution in [1.82, 2.24) is 0 Å². The summed E-state index contributed by atoms with van der Waals surface area (Å²) in [4.78, 5) is 0. The average Bonchev–Trinajstić information content (AvgIpc) is 3.74. The van der Waals surface area contributed by atoms with Crippen molar-refractivity contribution < 1.29 is 36.2 Å². The fraction of sp³-hybridized carbons (Fsp3) is 0.400. The summed E-state index contributed by atoms with van der Waals surface area (Å²) in [5.74, 6) is -6.60. The SMILES string of the molecule is CC(O)c1ccc(CCC2CCC(c3ccc(-c4ccc(C5CO5)c(F)c4F)c(F)c3F)CC2)c(F)c1F. The van der Waals surface area contributed by atoms with Crippen LogP contribution in [0.3, 0.4) is 0 Å². The number of aliphatic hydroxyl groups is 1. The molecule has 2 fully saturated rings. The Bertz CT molecular complexity index is 1340. The minimum atomic E-state index is -1.23. The van der Waals surface area contributed by atoms with Crippen LogP contribution >= 0.6 is 0 Å². The van der Waals surface area contributed by atoms with Crippen LogP contribution in [-0.4, -0.2) is 11.7 Å². The van der Waals surface area contributed by atoms with Crippen molar-refractivity contribution in [3.63, 3.8) is 0 Å². The van der Waals surface area contributed by atoms with E-state index >= 15 is 8.78 Å². The highest BCUT2D eigenvalue weighted by molar-refractivity contribution is 5.66. The molecule has 3 aromatic carbocycles. The van der Waals surface area contributed by atoms with Crippen LogP contribution in [0.15, 0.2) is 36.4 Å². The van der Waals surface area contributed by atoms with Gasteiger partial charge in [-0.15, -0.1) is 0 Å². The van der Waals surface area contributed by atoms with Crippen molar-refractivity contribution in [2.75, 3.05) is 6.61 Å². The van der Waals surface area contributed by atoms with Crippen LogP contribution in [0.1, 0.15) is 79.4 Å². The highest BCUT2D eigenvalue weighted by Crippen LogP contribution is 2.41. The Kier molecular flexibility index (Phi) is 7.56. The van der Waals surface area contributed by atoms with E-state index in [2.05, 4.69) is 0 Å². The number of hydrogen-bond acceptors (Lipinski definition) is 2. The zero-order valence-electron chi connectivity index (χ0n) is 20.8. The lowest BCUT2D eigenvalue weighted by molar-refractivity contribution is 0.192. The van der Waals surface area contributed by atoms with Crippen molar-refractivity contribution in [2.24, 2.45) is 5.92 Å². The molecule has 0 amide bonds. The van der Waals surface area contributed by atoms with E-state index in [1.807, 2.05) is 0 Å². The fourth-order valence-corrected chi connectivity index (χ4v) is 5.58. The summed E-state index contributed by atoms with van der Waals surface area (Å²) in [6.45, 7) is 1.67. The van der Waals surface area contributed by atoms with Crippen LogP contribution in [0.2, 0.25) is 0 Å². The lowest BCUT2D eigenvalue weighted by Gasteiger charge is -2.29. The Balaban J connectivity index is 1.24. The van der Waals surface area contributed by atoms with Gasteiger partial charge in [0.25, 0.3) is 0 Å². The lowest BCUT2D eigenvalue weighted by atomic mass is 9.76. The highest BCUT2D eigenvalue weighted by Gasteiger charge is 2.32. The predicted molar refractivity (Wildman–Crippen MR) is 130 cm³/mol. The third-order valence-corrected chi connectivity index (χ3v) is 7.95. The van der Waals surface area contributed by atoms with E-state index in [0.29, 0.717) is 45.1 Å². The second kappa shape index (κ2) is 10.7. The van der Waals surface area contributed by atoms with Gasteiger partial charge >= 0.3 is 0 Å². The minimum Gasteiger partial charge on any atom is -0.389 e. The number of epoxide rings is 1. The third kappa shape index (κ3) is 5.08. The summed E-state index contributed by atoms with van der Waals surface area (Å²) < 4.78 is 92.8. The molecule has 2 nitrogen and oxygen atoms in total. The van der Waals surface area contributed by atoms with Crippen molar-refractivity contribution in [3.05, 3.63) is 93.6 Å². The Labute approximate surface area is 217 Å². The maximum Gasteiger partial charge on any atom is 0.167 e. The second-order valence-electron chi connectivity index (χ2n) is 10.4. The summed E-state index contributed by atoms with van der Waals surface area (Å²) in [6.07, 6.45) is 1.98. The zero-order valence-corrected chi connectivity index (χ0v) is 20.8. The molecule has 3 aromatic rings. The quantitative estimate of drug-likeness (QED) is 0.245. The summed E-state index contributed by atoms with van der Waals surface area (Å²) >= 11 is 0. The molecule has 0 radical (unpaired) electrons. The van der Waals surface area contributed by atoms with E-state index in [1.54, 1.807) is 0 Å². The summed E-state index contributed by atoms with van der Waals surface area (Å²) in [5, 5.41) is 9.54. The van der Waals surface area contributed by atoms with Crippen molar-refractivity contribution >= 4 is 0 Å². The number of aryl methyl sites for hydroxylation is 1. The van der Waals surface area contributed by atoms with Crippen molar-refractivity contribution in [3.8, 4) is 11.1 Å². The number of ether oxygens (including phenoxy) is 1. The van der Waals surface area contributed by atoms with Gasteiger partial charge < -0.3 is 9.84 Å². The standard InChI is InChI=1S/C30H28F6O2/c1-15(37)19-9-8-18(25(31)26(19)32)7-4-16-2-5-17(6-3-16)20-10-11-21(28(34)27(20)33)22-12-13-23(24-14-38-24)30(36)29(22)35/h8-13,15-17,24,37H,2-7,14H2,1H3. The molecule has 5 rings (SSSR count). The van der Waals surface area contributed by atoms with E-state index in [-0.39, 0.29) is 45.2 Å². The van der Waals surface area contributed by atoms with Gasteiger partial charge in [-0.25, -0.2) is 26.3 Å². The Morgan fingerprint density at radius 3 is 1.89 bits per heavy atom. The van der Waals surface area contributed by atoms with Crippen molar-refractivity contribution in [1.29, 1.82) is 0 Å². The van der Waals surface area contributed by atoms with E-state index in [4.69, 9.17) is 4.74 Å². The molecule has 0 bridgehead atoms. The molecule has 0 aromatic heterocycles. The van der Waals surface area contributed by atoms with E-state index in [9.17, 15) is 22.7 Å². The van der Waals surface area contributed by atoms with Gasteiger partial charge in [0, 0.05) is 22.3 Å². The molecule has 2 atom stereocenters. The van der Waals surface area contributed by atoms with Gasteiger partial charge in [0.05, 0.1) is 12.7 Å². The Hall–Kier alpha value is -2.84. The van der Waals surface area contributed by atoms with Crippen LogP contribution in [0, 0.1) is 40.8 Å². The molecule has 1 aliphatic heterocycles. The average molecular weight is 535 g/mol. The summed E-state index contributed by atoms with van der Waals surface area (Å²) in [7, 11) is 0. The van der Waals surface area contributed by atoms with Crippen LogP contribution in [0.5, 0.6) is 0 Å². The Morgan fingerprint density at radius 1 is 0.737 bits per heavy atom. The third-order valence-electron chi connectivity index (χ3n) is 7.95. The lowest BCUT2D eigenvalue weighted by Crippen LogP contribution is -2.16. The number of hydrogen-bond donors (Lipinski definition) is 1. The molecule has 2 unspecified atom stereocenters. The van der Waals surface area contributed by atoms with E-state index in [0.717, 1.165) is 0 Å².